The quantitative estimate of drug-likeness (QED) is 0.923. The van der Waals surface area contributed by atoms with Crippen LogP contribution in [0, 0.1) is 0 Å². The summed E-state index contributed by atoms with van der Waals surface area (Å²) in [4.78, 5) is 17.5. The van der Waals surface area contributed by atoms with E-state index >= 15 is 0 Å². The van der Waals surface area contributed by atoms with Crippen molar-refractivity contribution < 1.29 is 18.7 Å². The molecule has 0 bridgehead atoms. The molecule has 1 fully saturated rings. The Balaban J connectivity index is 2.02. The molecule has 1 aromatic heterocycles. The molecule has 4 nitrogen and oxygen atoms in total. The minimum atomic E-state index is -2.64. The van der Waals surface area contributed by atoms with E-state index in [0.717, 1.165) is 0 Å². The largest absolute Gasteiger partial charge is 0.478 e. The number of carboxylic acids is 1. The van der Waals surface area contributed by atoms with Gasteiger partial charge in [0, 0.05) is 31.3 Å². The third-order valence-electron chi connectivity index (χ3n) is 3.75. The van der Waals surface area contributed by atoms with Gasteiger partial charge in [-0.2, -0.15) is 0 Å². The molecular formula is C15H14F2N2O2. The Morgan fingerprint density at radius 2 is 1.90 bits per heavy atom. The van der Waals surface area contributed by atoms with Crippen molar-refractivity contribution in [2.75, 3.05) is 18.0 Å². The van der Waals surface area contributed by atoms with E-state index in [2.05, 4.69) is 4.98 Å². The van der Waals surface area contributed by atoms with Crippen LogP contribution in [-0.2, 0) is 0 Å². The lowest BCUT2D eigenvalue weighted by Crippen LogP contribution is -2.39. The van der Waals surface area contributed by atoms with Crippen molar-refractivity contribution >= 4 is 22.7 Å². The third-order valence-corrected chi connectivity index (χ3v) is 3.75. The van der Waals surface area contributed by atoms with Crippen LogP contribution >= 0.6 is 0 Å². The van der Waals surface area contributed by atoms with Crippen molar-refractivity contribution in [3.8, 4) is 0 Å². The average molecular weight is 292 g/mol. The molecule has 3 rings (SSSR count). The van der Waals surface area contributed by atoms with E-state index < -0.39 is 11.9 Å². The van der Waals surface area contributed by atoms with Gasteiger partial charge in [-0.15, -0.1) is 0 Å². The van der Waals surface area contributed by atoms with Crippen molar-refractivity contribution in [1.82, 2.24) is 4.98 Å². The summed E-state index contributed by atoms with van der Waals surface area (Å²) in [6.07, 6.45) is -0.464. The lowest BCUT2D eigenvalue weighted by Gasteiger charge is -2.32. The molecular weight excluding hydrogens is 278 g/mol. The minimum absolute atomic E-state index is 0.146. The molecule has 0 unspecified atom stereocenters. The van der Waals surface area contributed by atoms with Gasteiger partial charge in [0.1, 0.15) is 5.82 Å². The van der Waals surface area contributed by atoms with E-state index in [9.17, 15) is 18.7 Å². The maximum absolute atomic E-state index is 13.2. The highest BCUT2D eigenvalue weighted by Crippen LogP contribution is 2.31. The zero-order valence-electron chi connectivity index (χ0n) is 11.2. The van der Waals surface area contributed by atoms with E-state index in [0.29, 0.717) is 16.7 Å². The van der Waals surface area contributed by atoms with Gasteiger partial charge < -0.3 is 10.0 Å². The molecule has 1 aliphatic rings. The summed E-state index contributed by atoms with van der Waals surface area (Å²) in [5.74, 6) is -3.23. The second-order valence-corrected chi connectivity index (χ2v) is 5.19. The Labute approximate surface area is 120 Å². The number of carbonyl (C=O) groups is 1. The Morgan fingerprint density at radius 1 is 1.24 bits per heavy atom. The highest BCUT2D eigenvalue weighted by atomic mass is 19.3. The van der Waals surface area contributed by atoms with Gasteiger partial charge in [-0.05, 0) is 12.1 Å². The summed E-state index contributed by atoms with van der Waals surface area (Å²) in [5, 5.41) is 9.87. The highest BCUT2D eigenvalue weighted by Gasteiger charge is 2.34. The van der Waals surface area contributed by atoms with Crippen LogP contribution in [0.15, 0.2) is 30.3 Å². The van der Waals surface area contributed by atoms with Crippen molar-refractivity contribution in [2.24, 2.45) is 0 Å². The van der Waals surface area contributed by atoms with Crippen LogP contribution in [0.2, 0.25) is 0 Å². The Bertz CT molecular complexity index is 693. The first kappa shape index (κ1) is 13.7. The lowest BCUT2D eigenvalue weighted by molar-refractivity contribution is -0.0221. The topological polar surface area (TPSA) is 53.4 Å². The van der Waals surface area contributed by atoms with Crippen molar-refractivity contribution in [3.63, 3.8) is 0 Å². The summed E-state index contributed by atoms with van der Waals surface area (Å²) in [5.41, 5.74) is 0.706. The van der Waals surface area contributed by atoms with E-state index in [1.807, 2.05) is 0 Å². The molecule has 110 valence electrons. The molecule has 0 saturated carbocycles. The molecule has 21 heavy (non-hydrogen) atoms. The normalized spacial score (nSPS) is 17.9. The number of pyridine rings is 1. The summed E-state index contributed by atoms with van der Waals surface area (Å²) < 4.78 is 26.4. The highest BCUT2D eigenvalue weighted by molar-refractivity contribution is 6.03. The van der Waals surface area contributed by atoms with Crippen molar-refractivity contribution in [3.05, 3.63) is 35.9 Å². The summed E-state index contributed by atoms with van der Waals surface area (Å²) >= 11 is 0. The number of piperidine rings is 1. The van der Waals surface area contributed by atoms with Gasteiger partial charge in [-0.25, -0.2) is 18.6 Å². The number of aromatic carboxylic acids is 1. The summed E-state index contributed by atoms with van der Waals surface area (Å²) in [7, 11) is 0. The molecule has 0 atom stereocenters. The van der Waals surface area contributed by atoms with Crippen molar-refractivity contribution in [2.45, 2.75) is 18.8 Å². The van der Waals surface area contributed by atoms with Gasteiger partial charge in [0.15, 0.2) is 0 Å². The van der Waals surface area contributed by atoms with Gasteiger partial charge in [-0.1, -0.05) is 18.2 Å². The second kappa shape index (κ2) is 4.95. The predicted octanol–water partition coefficient (Wildman–Crippen LogP) is 3.17. The first-order valence-corrected chi connectivity index (χ1v) is 6.72. The fourth-order valence-corrected chi connectivity index (χ4v) is 2.56. The lowest BCUT2D eigenvalue weighted by atomic mass is 10.1. The van der Waals surface area contributed by atoms with Gasteiger partial charge in [0.05, 0.1) is 11.1 Å². The fourth-order valence-electron chi connectivity index (χ4n) is 2.56. The maximum Gasteiger partial charge on any atom is 0.336 e. The Hall–Kier alpha value is -2.24. The van der Waals surface area contributed by atoms with Gasteiger partial charge >= 0.3 is 5.97 Å². The molecule has 1 N–H and O–H groups in total. The van der Waals surface area contributed by atoms with Gasteiger partial charge in [0.2, 0.25) is 0 Å². The number of carboxylic acid groups (broad SMARTS) is 1. The number of aromatic nitrogens is 1. The number of anilines is 1. The molecule has 1 aliphatic heterocycles. The third kappa shape index (κ3) is 2.66. The van der Waals surface area contributed by atoms with Gasteiger partial charge in [0.25, 0.3) is 5.92 Å². The number of rotatable bonds is 2. The summed E-state index contributed by atoms with van der Waals surface area (Å²) in [6.45, 7) is 0.356. The van der Waals surface area contributed by atoms with Crippen LogP contribution < -0.4 is 4.90 Å². The molecule has 0 amide bonds. The number of hydrogen-bond acceptors (Lipinski definition) is 3. The minimum Gasteiger partial charge on any atom is -0.478 e. The number of alkyl halides is 2. The van der Waals surface area contributed by atoms with Gasteiger partial charge in [-0.3, -0.25) is 0 Å². The molecule has 2 aromatic rings. The number of fused-ring (bicyclic) bond motifs is 1. The smallest absolute Gasteiger partial charge is 0.336 e. The van der Waals surface area contributed by atoms with E-state index in [1.54, 1.807) is 29.2 Å². The van der Waals surface area contributed by atoms with Crippen LogP contribution in [-0.4, -0.2) is 35.1 Å². The predicted molar refractivity (Wildman–Crippen MR) is 75.1 cm³/mol. The SMILES string of the molecule is O=C(O)c1cc(N2CCC(F)(F)CC2)nc2ccccc12. The zero-order chi connectivity index (χ0) is 15.0. The first-order valence-electron chi connectivity index (χ1n) is 6.72. The van der Waals surface area contributed by atoms with Crippen LogP contribution in [0.1, 0.15) is 23.2 Å². The second-order valence-electron chi connectivity index (χ2n) is 5.19. The monoisotopic (exact) mass is 292 g/mol. The van der Waals surface area contributed by atoms with Crippen LogP contribution in [0.3, 0.4) is 0 Å². The van der Waals surface area contributed by atoms with E-state index in [-0.39, 0.29) is 31.5 Å². The Kier molecular flexibility index (Phi) is 3.23. The fraction of sp³-hybridized carbons (Fsp3) is 0.333. The number of benzene rings is 1. The molecule has 2 heterocycles. The average Bonchev–Trinajstić information content (AvgIpc) is 2.46. The number of halogens is 2. The zero-order valence-corrected chi connectivity index (χ0v) is 11.2. The van der Waals surface area contributed by atoms with Crippen LogP contribution in [0.4, 0.5) is 14.6 Å². The molecule has 1 aromatic carbocycles. The van der Waals surface area contributed by atoms with Crippen LogP contribution in [0.5, 0.6) is 0 Å². The summed E-state index contributed by atoms with van der Waals surface area (Å²) in [6, 6.07) is 8.41. The molecule has 6 heteroatoms. The Morgan fingerprint density at radius 3 is 2.57 bits per heavy atom. The first-order chi connectivity index (χ1) is 9.96. The number of nitrogens with zero attached hydrogens (tertiary/aromatic N) is 2. The molecule has 0 spiro atoms. The number of hydrogen-bond donors (Lipinski definition) is 1. The number of para-hydroxylation sites is 1. The van der Waals surface area contributed by atoms with E-state index in [4.69, 9.17) is 0 Å². The standard InChI is InChI=1S/C15H14F2N2O2/c16-15(17)5-7-19(8-6-15)13-9-11(14(20)21)10-3-1-2-4-12(10)18-13/h1-4,9H,5-8H2,(H,20,21). The van der Waals surface area contributed by atoms with Crippen molar-refractivity contribution in [1.29, 1.82) is 0 Å². The van der Waals surface area contributed by atoms with E-state index in [1.165, 1.54) is 6.07 Å². The molecule has 1 saturated heterocycles. The molecule has 0 radical (unpaired) electrons. The maximum atomic E-state index is 13.2. The van der Waals surface area contributed by atoms with Crippen LogP contribution in [0.25, 0.3) is 10.9 Å². The molecule has 0 aliphatic carbocycles.